The van der Waals surface area contributed by atoms with E-state index >= 15 is 0 Å². The minimum atomic E-state index is -3.21. The zero-order valence-corrected chi connectivity index (χ0v) is 12.3. The minimum absolute atomic E-state index is 0.476. The molecule has 0 saturated carbocycles. The van der Waals surface area contributed by atoms with Gasteiger partial charge in [0.15, 0.2) is 0 Å². The van der Waals surface area contributed by atoms with E-state index in [0.29, 0.717) is 19.0 Å². The maximum Gasteiger partial charge on any atom is 0.209 e. The fraction of sp³-hybridized carbons (Fsp3) is 0.727. The minimum Gasteiger partial charge on any atom is -0.444 e. The standard InChI is InChI=1S/C11H21N3O3S/c1-8-9(2)17-10(13-8)6-12-7-11(3,4)14-18(5,15)16/h12,14H,6-7H2,1-5H3. The van der Waals surface area contributed by atoms with Crippen LogP contribution in [0, 0.1) is 13.8 Å². The van der Waals surface area contributed by atoms with Gasteiger partial charge in [0.2, 0.25) is 15.9 Å². The van der Waals surface area contributed by atoms with E-state index in [1.54, 1.807) is 0 Å². The second-order valence-electron chi connectivity index (χ2n) is 5.11. The number of hydrogen-bond acceptors (Lipinski definition) is 5. The predicted molar refractivity (Wildman–Crippen MR) is 69.7 cm³/mol. The highest BCUT2D eigenvalue weighted by Gasteiger charge is 2.21. The van der Waals surface area contributed by atoms with E-state index in [9.17, 15) is 8.42 Å². The highest BCUT2D eigenvalue weighted by Crippen LogP contribution is 2.08. The number of aromatic nitrogens is 1. The number of aryl methyl sites for hydroxylation is 2. The quantitative estimate of drug-likeness (QED) is 0.798. The number of sulfonamides is 1. The molecule has 1 heterocycles. The topological polar surface area (TPSA) is 84.2 Å². The largest absolute Gasteiger partial charge is 0.444 e. The summed E-state index contributed by atoms with van der Waals surface area (Å²) in [6, 6.07) is 0. The van der Waals surface area contributed by atoms with Gasteiger partial charge in [-0.2, -0.15) is 0 Å². The Morgan fingerprint density at radius 3 is 2.39 bits per heavy atom. The summed E-state index contributed by atoms with van der Waals surface area (Å²) in [5.74, 6) is 1.42. The van der Waals surface area contributed by atoms with Crippen molar-refractivity contribution in [2.24, 2.45) is 0 Å². The van der Waals surface area contributed by atoms with E-state index in [2.05, 4.69) is 15.0 Å². The van der Waals surface area contributed by atoms with Crippen molar-refractivity contribution in [3.63, 3.8) is 0 Å². The molecule has 18 heavy (non-hydrogen) atoms. The van der Waals surface area contributed by atoms with E-state index in [1.807, 2.05) is 27.7 Å². The predicted octanol–water partition coefficient (Wildman–Crippen LogP) is 0.709. The van der Waals surface area contributed by atoms with Crippen LogP contribution in [0.5, 0.6) is 0 Å². The highest BCUT2D eigenvalue weighted by molar-refractivity contribution is 7.88. The molecule has 0 aliphatic rings. The first-order valence-corrected chi connectivity index (χ1v) is 7.61. The molecular weight excluding hydrogens is 254 g/mol. The molecule has 0 aliphatic carbocycles. The van der Waals surface area contributed by atoms with Gasteiger partial charge in [-0.15, -0.1) is 0 Å². The van der Waals surface area contributed by atoms with Crippen LogP contribution in [0.15, 0.2) is 4.42 Å². The van der Waals surface area contributed by atoms with Crippen LogP contribution in [0.25, 0.3) is 0 Å². The molecule has 1 aromatic rings. The van der Waals surface area contributed by atoms with Gasteiger partial charge in [0.25, 0.3) is 0 Å². The van der Waals surface area contributed by atoms with Gasteiger partial charge in [0, 0.05) is 12.1 Å². The van der Waals surface area contributed by atoms with Crippen molar-refractivity contribution in [3.8, 4) is 0 Å². The van der Waals surface area contributed by atoms with Gasteiger partial charge in [-0.1, -0.05) is 0 Å². The molecule has 104 valence electrons. The molecule has 0 saturated heterocycles. The van der Waals surface area contributed by atoms with Crippen molar-refractivity contribution >= 4 is 10.0 Å². The third kappa shape index (κ3) is 5.16. The van der Waals surface area contributed by atoms with Gasteiger partial charge in [-0.25, -0.2) is 18.1 Å². The first kappa shape index (κ1) is 15.1. The maximum absolute atomic E-state index is 11.2. The van der Waals surface area contributed by atoms with Gasteiger partial charge < -0.3 is 9.73 Å². The number of oxazole rings is 1. The summed E-state index contributed by atoms with van der Waals surface area (Å²) in [6.07, 6.45) is 1.15. The molecule has 0 radical (unpaired) electrons. The van der Waals surface area contributed by atoms with Gasteiger partial charge in [-0.3, -0.25) is 0 Å². The van der Waals surface area contributed by atoms with Crippen LogP contribution in [0.4, 0.5) is 0 Å². The Labute approximate surface area is 108 Å². The second-order valence-corrected chi connectivity index (χ2v) is 6.86. The summed E-state index contributed by atoms with van der Waals surface area (Å²) in [6.45, 7) is 8.34. The molecule has 0 aromatic carbocycles. The van der Waals surface area contributed by atoms with Crippen LogP contribution >= 0.6 is 0 Å². The molecule has 7 heteroatoms. The molecule has 0 unspecified atom stereocenters. The van der Waals surface area contributed by atoms with Crippen LogP contribution in [-0.4, -0.2) is 31.7 Å². The van der Waals surface area contributed by atoms with Crippen molar-refractivity contribution in [1.29, 1.82) is 0 Å². The Hall–Kier alpha value is -0.920. The van der Waals surface area contributed by atoms with Gasteiger partial charge in [0.1, 0.15) is 5.76 Å². The van der Waals surface area contributed by atoms with Crippen molar-refractivity contribution in [1.82, 2.24) is 15.0 Å². The monoisotopic (exact) mass is 275 g/mol. The molecule has 0 amide bonds. The Kier molecular flexibility index (Phi) is 4.52. The fourth-order valence-electron chi connectivity index (χ4n) is 1.63. The fourth-order valence-corrected chi connectivity index (χ4v) is 2.71. The zero-order valence-electron chi connectivity index (χ0n) is 11.5. The number of nitrogens with one attached hydrogen (secondary N) is 2. The average molecular weight is 275 g/mol. The van der Waals surface area contributed by atoms with Crippen LogP contribution in [-0.2, 0) is 16.6 Å². The van der Waals surface area contributed by atoms with E-state index in [4.69, 9.17) is 4.42 Å². The van der Waals surface area contributed by atoms with Crippen LogP contribution in [0.2, 0.25) is 0 Å². The van der Waals surface area contributed by atoms with Crippen LogP contribution in [0.1, 0.15) is 31.2 Å². The van der Waals surface area contributed by atoms with Crippen LogP contribution < -0.4 is 10.0 Å². The van der Waals surface area contributed by atoms with Crippen LogP contribution in [0.3, 0.4) is 0 Å². The van der Waals surface area contributed by atoms with Crippen molar-refractivity contribution in [3.05, 3.63) is 17.3 Å². The summed E-state index contributed by atoms with van der Waals surface area (Å²) >= 11 is 0. The smallest absolute Gasteiger partial charge is 0.209 e. The van der Waals surface area contributed by atoms with E-state index in [0.717, 1.165) is 17.7 Å². The number of hydrogen-bond donors (Lipinski definition) is 2. The molecule has 6 nitrogen and oxygen atoms in total. The Bertz CT molecular complexity index is 486. The summed E-state index contributed by atoms with van der Waals surface area (Å²) in [7, 11) is -3.21. The molecule has 0 spiro atoms. The van der Waals surface area contributed by atoms with Crippen molar-refractivity contribution < 1.29 is 12.8 Å². The molecular formula is C11H21N3O3S. The third-order valence-electron chi connectivity index (χ3n) is 2.38. The summed E-state index contributed by atoms with van der Waals surface area (Å²) in [5.41, 5.74) is 0.324. The maximum atomic E-state index is 11.2. The average Bonchev–Trinajstić information content (AvgIpc) is 2.41. The summed E-state index contributed by atoms with van der Waals surface area (Å²) in [4.78, 5) is 4.24. The highest BCUT2D eigenvalue weighted by atomic mass is 32.2. The first-order chi connectivity index (χ1) is 8.09. The van der Waals surface area contributed by atoms with Crippen molar-refractivity contribution in [2.45, 2.75) is 39.8 Å². The van der Waals surface area contributed by atoms with Crippen molar-refractivity contribution in [2.75, 3.05) is 12.8 Å². The van der Waals surface area contributed by atoms with E-state index in [-0.39, 0.29) is 0 Å². The lowest BCUT2D eigenvalue weighted by molar-refractivity contribution is 0.394. The number of nitrogens with zero attached hydrogens (tertiary/aromatic N) is 1. The second kappa shape index (κ2) is 5.38. The molecule has 1 aromatic heterocycles. The lowest BCUT2D eigenvalue weighted by atomic mass is 10.1. The lowest BCUT2D eigenvalue weighted by Gasteiger charge is -2.25. The molecule has 0 fully saturated rings. The molecule has 2 N–H and O–H groups in total. The Balaban J connectivity index is 2.46. The lowest BCUT2D eigenvalue weighted by Crippen LogP contribution is -2.49. The SMILES string of the molecule is Cc1nc(CNCC(C)(C)NS(C)(=O)=O)oc1C. The molecule has 0 bridgehead atoms. The van der Waals surface area contributed by atoms with Gasteiger partial charge in [0.05, 0.1) is 18.5 Å². The third-order valence-corrected chi connectivity index (χ3v) is 3.30. The Morgan fingerprint density at radius 1 is 1.33 bits per heavy atom. The van der Waals surface area contributed by atoms with Gasteiger partial charge in [-0.05, 0) is 27.7 Å². The molecule has 0 aliphatic heterocycles. The number of rotatable bonds is 6. The Morgan fingerprint density at radius 2 is 1.94 bits per heavy atom. The summed E-state index contributed by atoms with van der Waals surface area (Å²) < 4.78 is 30.3. The van der Waals surface area contributed by atoms with E-state index in [1.165, 1.54) is 0 Å². The first-order valence-electron chi connectivity index (χ1n) is 5.72. The van der Waals surface area contributed by atoms with Gasteiger partial charge >= 0.3 is 0 Å². The van der Waals surface area contributed by atoms with E-state index < -0.39 is 15.6 Å². The summed E-state index contributed by atoms with van der Waals surface area (Å²) in [5, 5.41) is 3.12. The molecule has 0 atom stereocenters. The molecule has 1 rings (SSSR count). The normalized spacial score (nSPS) is 12.9. The zero-order chi connectivity index (χ0) is 14.0.